The van der Waals surface area contributed by atoms with Crippen LogP contribution in [-0.2, 0) is 10.3 Å². The van der Waals surface area contributed by atoms with Gasteiger partial charge in [-0.2, -0.15) is 13.2 Å². The number of benzene rings is 1. The van der Waals surface area contributed by atoms with Crippen molar-refractivity contribution in [1.29, 1.82) is 0 Å². The number of fused-ring (bicyclic) bond motifs is 1. The molecule has 7 heteroatoms. The third kappa shape index (κ3) is 3.11. The number of halogens is 4. The number of alkyl halides is 3. The third-order valence-corrected chi connectivity index (χ3v) is 3.87. The van der Waals surface area contributed by atoms with Crippen molar-refractivity contribution in [3.8, 4) is 0 Å². The maximum atomic E-state index is 13.9. The van der Waals surface area contributed by atoms with Gasteiger partial charge in [0, 0.05) is 16.3 Å². The van der Waals surface area contributed by atoms with Gasteiger partial charge in [-0.25, -0.2) is 0 Å². The van der Waals surface area contributed by atoms with Crippen molar-refractivity contribution in [2.45, 2.75) is 38.4 Å². The van der Waals surface area contributed by atoms with Crippen molar-refractivity contribution in [2.75, 3.05) is 5.32 Å². The van der Waals surface area contributed by atoms with Gasteiger partial charge >= 0.3 is 6.18 Å². The summed E-state index contributed by atoms with van der Waals surface area (Å²) in [5.41, 5.74) is -2.49. The van der Waals surface area contributed by atoms with E-state index in [1.54, 1.807) is 0 Å². The minimum atomic E-state index is -4.63. The summed E-state index contributed by atoms with van der Waals surface area (Å²) in [7, 11) is 0. The zero-order chi connectivity index (χ0) is 16.5. The fourth-order valence-electron chi connectivity index (χ4n) is 2.44. The van der Waals surface area contributed by atoms with E-state index in [1.165, 1.54) is 18.2 Å². The Kier molecular flexibility index (Phi) is 4.52. The molecule has 1 aliphatic rings. The number of carbonyl (C=O) groups is 1. The highest BCUT2D eigenvalue weighted by Gasteiger charge is 2.57. The van der Waals surface area contributed by atoms with Crippen molar-refractivity contribution in [1.82, 2.24) is 0 Å². The van der Waals surface area contributed by atoms with E-state index >= 15 is 0 Å². The molecule has 0 aliphatic carbocycles. The van der Waals surface area contributed by atoms with E-state index in [-0.39, 0.29) is 28.6 Å². The SMILES string of the molecule is CC(C)CCC1(C(F)(F)F)N=CC(=O)Nc2ccc(Cl)cc21. The molecule has 1 aromatic carbocycles. The summed E-state index contributed by atoms with van der Waals surface area (Å²) in [4.78, 5) is 15.3. The third-order valence-electron chi connectivity index (χ3n) is 3.64. The van der Waals surface area contributed by atoms with Gasteiger partial charge in [-0.1, -0.05) is 25.4 Å². The molecule has 1 amide bonds. The van der Waals surface area contributed by atoms with Gasteiger partial charge in [0.05, 0.1) is 6.21 Å². The molecule has 0 radical (unpaired) electrons. The lowest BCUT2D eigenvalue weighted by Crippen LogP contribution is -2.41. The van der Waals surface area contributed by atoms with Crippen LogP contribution in [0.1, 0.15) is 32.3 Å². The molecule has 1 aromatic rings. The van der Waals surface area contributed by atoms with Gasteiger partial charge in [-0.3, -0.25) is 9.79 Å². The highest BCUT2D eigenvalue weighted by Crippen LogP contribution is 2.49. The highest BCUT2D eigenvalue weighted by molar-refractivity contribution is 6.33. The molecule has 0 saturated heterocycles. The van der Waals surface area contributed by atoms with Crippen LogP contribution in [0.3, 0.4) is 0 Å². The normalized spacial score (nSPS) is 21.5. The zero-order valence-corrected chi connectivity index (χ0v) is 12.9. The van der Waals surface area contributed by atoms with Crippen molar-refractivity contribution >= 4 is 29.4 Å². The molecular weight excluding hydrogens is 317 g/mol. The van der Waals surface area contributed by atoms with E-state index in [4.69, 9.17) is 11.6 Å². The van der Waals surface area contributed by atoms with E-state index < -0.39 is 17.6 Å². The average Bonchev–Trinajstić information content (AvgIpc) is 2.53. The first-order valence-corrected chi connectivity index (χ1v) is 7.26. The van der Waals surface area contributed by atoms with Gasteiger partial charge in [0.2, 0.25) is 0 Å². The fourth-order valence-corrected chi connectivity index (χ4v) is 2.61. The molecule has 1 aliphatic heterocycles. The van der Waals surface area contributed by atoms with Crippen LogP contribution in [0.25, 0.3) is 0 Å². The molecular formula is C15H16ClF3N2O. The molecule has 0 spiro atoms. The molecule has 2 rings (SSSR count). The Labute approximate surface area is 131 Å². The van der Waals surface area contributed by atoms with Crippen LogP contribution in [0, 0.1) is 5.92 Å². The van der Waals surface area contributed by atoms with E-state index in [0.717, 1.165) is 0 Å². The van der Waals surface area contributed by atoms with Gasteiger partial charge in [-0.15, -0.1) is 0 Å². The lowest BCUT2D eigenvalue weighted by atomic mass is 9.82. The second kappa shape index (κ2) is 5.91. The van der Waals surface area contributed by atoms with Gasteiger partial charge in [0.1, 0.15) is 0 Å². The van der Waals surface area contributed by atoms with Crippen LogP contribution in [0.15, 0.2) is 23.2 Å². The quantitative estimate of drug-likeness (QED) is 0.866. The van der Waals surface area contributed by atoms with Gasteiger partial charge in [-0.05, 0) is 37.0 Å². The molecule has 0 bridgehead atoms. The first-order chi connectivity index (χ1) is 10.2. The van der Waals surface area contributed by atoms with Crippen molar-refractivity contribution in [3.63, 3.8) is 0 Å². The van der Waals surface area contributed by atoms with Crippen LogP contribution in [0.4, 0.5) is 18.9 Å². The number of rotatable bonds is 3. The summed E-state index contributed by atoms with van der Waals surface area (Å²) in [6.45, 7) is 3.68. The lowest BCUT2D eigenvalue weighted by molar-refractivity contribution is -0.191. The Morgan fingerprint density at radius 1 is 1.36 bits per heavy atom. The Balaban J connectivity index is 2.67. The molecule has 0 fully saturated rings. The maximum Gasteiger partial charge on any atom is 0.417 e. The predicted octanol–water partition coefficient (Wildman–Crippen LogP) is 4.56. The summed E-state index contributed by atoms with van der Waals surface area (Å²) in [5, 5.41) is 2.59. The molecule has 1 unspecified atom stereocenters. The van der Waals surface area contributed by atoms with E-state index in [1.807, 2.05) is 13.8 Å². The first-order valence-electron chi connectivity index (χ1n) is 6.89. The topological polar surface area (TPSA) is 41.5 Å². The molecule has 0 aromatic heterocycles. The minimum absolute atomic E-state index is 0.0731. The second-order valence-corrected chi connectivity index (χ2v) is 6.16. The summed E-state index contributed by atoms with van der Waals surface area (Å²) in [5.74, 6) is -0.608. The van der Waals surface area contributed by atoms with E-state index in [0.29, 0.717) is 12.6 Å². The van der Waals surface area contributed by atoms with Crippen molar-refractivity contribution in [2.24, 2.45) is 10.9 Å². The molecule has 1 atom stereocenters. The Morgan fingerprint density at radius 2 is 2.05 bits per heavy atom. The molecule has 3 nitrogen and oxygen atoms in total. The Hall–Kier alpha value is -1.56. The smallest absolute Gasteiger partial charge is 0.321 e. The molecule has 22 heavy (non-hydrogen) atoms. The van der Waals surface area contributed by atoms with Crippen molar-refractivity contribution < 1.29 is 18.0 Å². The van der Waals surface area contributed by atoms with Gasteiger partial charge in [0.15, 0.2) is 5.54 Å². The molecule has 1 N–H and O–H groups in total. The lowest BCUT2D eigenvalue weighted by Gasteiger charge is -2.33. The van der Waals surface area contributed by atoms with E-state index in [2.05, 4.69) is 10.3 Å². The number of amides is 1. The number of nitrogens with zero attached hydrogens (tertiary/aromatic N) is 1. The average molecular weight is 333 g/mol. The van der Waals surface area contributed by atoms with Crippen LogP contribution in [0.2, 0.25) is 5.02 Å². The summed E-state index contributed by atoms with van der Waals surface area (Å²) in [6, 6.07) is 4.04. The van der Waals surface area contributed by atoms with Gasteiger partial charge in [0.25, 0.3) is 5.91 Å². The summed E-state index contributed by atoms with van der Waals surface area (Å²) < 4.78 is 41.6. The number of anilines is 1. The second-order valence-electron chi connectivity index (χ2n) is 5.73. The van der Waals surface area contributed by atoms with Crippen LogP contribution < -0.4 is 5.32 Å². The highest BCUT2D eigenvalue weighted by atomic mass is 35.5. The Bertz CT molecular complexity index is 613. The summed E-state index contributed by atoms with van der Waals surface area (Å²) in [6.07, 6.45) is -3.85. The maximum absolute atomic E-state index is 13.9. The summed E-state index contributed by atoms with van der Waals surface area (Å²) >= 11 is 5.87. The first kappa shape index (κ1) is 16.8. The van der Waals surface area contributed by atoms with E-state index in [9.17, 15) is 18.0 Å². The number of hydrogen-bond acceptors (Lipinski definition) is 2. The monoisotopic (exact) mass is 332 g/mol. The molecule has 1 heterocycles. The number of aliphatic imine (C=N–C) groups is 1. The standard InChI is InChI=1S/C15H16ClF3N2O/c1-9(2)5-6-14(15(17,18)19)11-7-10(16)3-4-12(11)21-13(22)8-20-14/h3-4,7-9H,5-6H2,1-2H3,(H,21,22). The van der Waals surface area contributed by atoms with Gasteiger partial charge < -0.3 is 5.32 Å². The minimum Gasteiger partial charge on any atom is -0.321 e. The van der Waals surface area contributed by atoms with Crippen LogP contribution in [0.5, 0.6) is 0 Å². The van der Waals surface area contributed by atoms with Crippen LogP contribution >= 0.6 is 11.6 Å². The predicted molar refractivity (Wildman–Crippen MR) is 80.4 cm³/mol. The largest absolute Gasteiger partial charge is 0.417 e. The fraction of sp³-hybridized carbons (Fsp3) is 0.467. The zero-order valence-electron chi connectivity index (χ0n) is 12.2. The number of carbonyl (C=O) groups excluding carboxylic acids is 1. The molecule has 0 saturated carbocycles. The molecule has 120 valence electrons. The number of hydrogen-bond donors (Lipinski definition) is 1. The number of nitrogens with one attached hydrogen (secondary N) is 1. The Morgan fingerprint density at radius 3 is 2.64 bits per heavy atom. The van der Waals surface area contributed by atoms with Crippen LogP contribution in [-0.4, -0.2) is 18.3 Å². The van der Waals surface area contributed by atoms with Crippen molar-refractivity contribution in [3.05, 3.63) is 28.8 Å².